The highest BCUT2D eigenvalue weighted by molar-refractivity contribution is 8.18. The van der Waals surface area contributed by atoms with Crippen molar-refractivity contribution in [2.24, 2.45) is 5.92 Å². The van der Waals surface area contributed by atoms with Crippen molar-refractivity contribution in [2.75, 3.05) is 24.5 Å². The highest BCUT2D eigenvalue weighted by Gasteiger charge is 2.26. The maximum atomic E-state index is 13.6. The predicted octanol–water partition coefficient (Wildman–Crippen LogP) is 3.85. The van der Waals surface area contributed by atoms with Gasteiger partial charge in [0.05, 0.1) is 22.0 Å². The zero-order chi connectivity index (χ0) is 26.6. The number of carbonyl (C=O) groups is 2. The molecule has 9 nitrogen and oxygen atoms in total. The molecule has 0 radical (unpaired) electrons. The van der Waals surface area contributed by atoms with Crippen LogP contribution in [0.3, 0.4) is 0 Å². The van der Waals surface area contributed by atoms with Gasteiger partial charge >= 0.3 is 0 Å². The molecule has 0 unspecified atom stereocenters. The summed E-state index contributed by atoms with van der Waals surface area (Å²) in [5.74, 6) is -1.10. The first-order chi connectivity index (χ1) is 18.3. The fourth-order valence-electron chi connectivity index (χ4n) is 4.48. The maximum absolute atomic E-state index is 13.6. The lowest BCUT2D eigenvalue weighted by atomic mass is 9.97. The lowest BCUT2D eigenvalue weighted by molar-refractivity contribution is -0.115. The number of anilines is 1. The molecule has 0 bridgehead atoms. The highest BCUT2D eigenvalue weighted by atomic mass is 32.2. The van der Waals surface area contributed by atoms with E-state index in [1.54, 1.807) is 24.4 Å². The van der Waals surface area contributed by atoms with Crippen LogP contribution in [0.1, 0.15) is 29.8 Å². The molecule has 0 saturated carbocycles. The Morgan fingerprint density at radius 2 is 1.87 bits per heavy atom. The van der Waals surface area contributed by atoms with Gasteiger partial charge in [0.25, 0.3) is 11.1 Å². The molecule has 196 valence electrons. The summed E-state index contributed by atoms with van der Waals surface area (Å²) in [5, 5.41) is 5.32. The molecule has 2 amide bonds. The van der Waals surface area contributed by atoms with Crippen molar-refractivity contribution in [1.29, 1.82) is 0 Å². The standard InChI is InChI=1S/C26H25F2N7O2S/c1-15-8-19(31-20(9-15)17-10-22(27)33-23(28)11-17)14-29-13-16-3-6-35(7-4-16)25-30-5-2-18(32-25)12-21-24(36)34-26(37)38-21/h2,5,8-12,16,29H,3-4,6-7,13-14H2,1H3,(H,34,36,37). The Hall–Kier alpha value is -3.77. The second-order valence-corrected chi connectivity index (χ2v) is 10.2. The van der Waals surface area contributed by atoms with Crippen LogP contribution in [-0.2, 0) is 11.3 Å². The van der Waals surface area contributed by atoms with Crippen LogP contribution in [0.15, 0.2) is 41.4 Å². The average molecular weight is 538 g/mol. The molecule has 3 aromatic heterocycles. The number of aryl methyl sites for hydroxylation is 1. The van der Waals surface area contributed by atoms with Crippen molar-refractivity contribution in [1.82, 2.24) is 30.6 Å². The van der Waals surface area contributed by atoms with Gasteiger partial charge < -0.3 is 10.2 Å². The monoisotopic (exact) mass is 537 g/mol. The van der Waals surface area contributed by atoms with E-state index in [4.69, 9.17) is 0 Å². The van der Waals surface area contributed by atoms with Crippen molar-refractivity contribution in [2.45, 2.75) is 26.3 Å². The molecule has 0 aromatic carbocycles. The minimum absolute atomic E-state index is 0.319. The molecule has 2 N–H and O–H groups in total. The van der Waals surface area contributed by atoms with E-state index in [1.165, 1.54) is 12.1 Å². The molecular formula is C26H25F2N7O2S. The van der Waals surface area contributed by atoms with E-state index >= 15 is 0 Å². The quantitative estimate of drug-likeness (QED) is 0.343. The van der Waals surface area contributed by atoms with E-state index < -0.39 is 17.8 Å². The number of hydrogen-bond acceptors (Lipinski definition) is 9. The number of halogens is 2. The van der Waals surface area contributed by atoms with Crippen LogP contribution in [0.4, 0.5) is 19.5 Å². The first kappa shape index (κ1) is 25.9. The molecule has 5 heterocycles. The number of pyridine rings is 2. The minimum atomic E-state index is -0.875. The summed E-state index contributed by atoms with van der Waals surface area (Å²) in [4.78, 5) is 42.3. The number of amides is 2. The van der Waals surface area contributed by atoms with Gasteiger partial charge in [-0.2, -0.15) is 13.8 Å². The predicted molar refractivity (Wildman–Crippen MR) is 140 cm³/mol. The summed E-state index contributed by atoms with van der Waals surface area (Å²) in [7, 11) is 0. The Morgan fingerprint density at radius 3 is 2.58 bits per heavy atom. The number of nitrogens with zero attached hydrogens (tertiary/aromatic N) is 5. The van der Waals surface area contributed by atoms with Crippen molar-refractivity contribution < 1.29 is 18.4 Å². The molecule has 0 aliphatic carbocycles. The van der Waals surface area contributed by atoms with Crippen LogP contribution < -0.4 is 15.5 Å². The summed E-state index contributed by atoms with van der Waals surface area (Å²) in [5.41, 5.74) is 3.19. The van der Waals surface area contributed by atoms with E-state index in [2.05, 4.69) is 35.5 Å². The number of hydrogen-bond donors (Lipinski definition) is 2. The Balaban J connectivity index is 1.14. The number of nitrogens with one attached hydrogen (secondary N) is 2. The number of thioether (sulfide) groups is 1. The van der Waals surface area contributed by atoms with Gasteiger partial charge in [-0.3, -0.25) is 19.9 Å². The van der Waals surface area contributed by atoms with Crippen LogP contribution >= 0.6 is 11.8 Å². The summed E-state index contributed by atoms with van der Waals surface area (Å²) < 4.78 is 27.1. The molecule has 2 saturated heterocycles. The molecule has 38 heavy (non-hydrogen) atoms. The van der Waals surface area contributed by atoms with Gasteiger partial charge in [0, 0.05) is 43.5 Å². The van der Waals surface area contributed by atoms with Gasteiger partial charge in [-0.05, 0) is 73.8 Å². The zero-order valence-corrected chi connectivity index (χ0v) is 21.4. The van der Waals surface area contributed by atoms with Gasteiger partial charge in [-0.15, -0.1) is 0 Å². The Bertz CT molecular complexity index is 1390. The Morgan fingerprint density at radius 1 is 1.11 bits per heavy atom. The summed E-state index contributed by atoms with van der Waals surface area (Å²) in [6, 6.07) is 7.81. The van der Waals surface area contributed by atoms with E-state index in [-0.39, 0.29) is 5.24 Å². The normalized spacial score (nSPS) is 17.3. The number of imide groups is 1. The molecule has 12 heteroatoms. The average Bonchev–Trinajstić information content (AvgIpc) is 3.20. The van der Waals surface area contributed by atoms with Crippen molar-refractivity contribution in [3.63, 3.8) is 0 Å². The minimum Gasteiger partial charge on any atom is -0.341 e. The lowest BCUT2D eigenvalue weighted by Gasteiger charge is -2.32. The molecule has 0 spiro atoms. The van der Waals surface area contributed by atoms with Crippen LogP contribution in [0.2, 0.25) is 0 Å². The second kappa shape index (κ2) is 11.3. The fourth-order valence-corrected chi connectivity index (χ4v) is 5.15. The lowest BCUT2D eigenvalue weighted by Crippen LogP contribution is -2.38. The number of aromatic nitrogens is 4. The van der Waals surface area contributed by atoms with Crippen LogP contribution in [0.25, 0.3) is 17.3 Å². The molecular weight excluding hydrogens is 512 g/mol. The van der Waals surface area contributed by atoms with E-state index in [0.717, 1.165) is 55.5 Å². The Labute approximate surface area is 222 Å². The third kappa shape index (κ3) is 6.37. The third-order valence-corrected chi connectivity index (χ3v) is 7.11. The molecule has 2 aliphatic heterocycles. The van der Waals surface area contributed by atoms with Gasteiger partial charge in [0.1, 0.15) is 0 Å². The van der Waals surface area contributed by atoms with E-state index in [0.29, 0.717) is 40.3 Å². The van der Waals surface area contributed by atoms with E-state index in [9.17, 15) is 18.4 Å². The number of rotatable bonds is 7. The summed E-state index contributed by atoms with van der Waals surface area (Å²) in [6.45, 7) is 4.87. The molecule has 2 fully saturated rings. The van der Waals surface area contributed by atoms with Crippen molar-refractivity contribution in [3.8, 4) is 11.3 Å². The number of piperidine rings is 1. The number of carbonyl (C=O) groups excluding carboxylic acids is 2. The van der Waals surface area contributed by atoms with Crippen LogP contribution in [0.5, 0.6) is 0 Å². The Kier molecular flexibility index (Phi) is 7.70. The van der Waals surface area contributed by atoms with Gasteiger partial charge in [-0.25, -0.2) is 9.97 Å². The van der Waals surface area contributed by atoms with Crippen molar-refractivity contribution in [3.05, 3.63) is 70.3 Å². The van der Waals surface area contributed by atoms with Crippen molar-refractivity contribution >= 4 is 34.9 Å². The third-order valence-electron chi connectivity index (χ3n) is 6.30. The van der Waals surface area contributed by atoms with Gasteiger partial charge in [-0.1, -0.05) is 0 Å². The first-order valence-electron chi connectivity index (χ1n) is 12.2. The maximum Gasteiger partial charge on any atom is 0.290 e. The zero-order valence-electron chi connectivity index (χ0n) is 20.6. The first-order valence-corrected chi connectivity index (χ1v) is 13.0. The fraction of sp³-hybridized carbons (Fsp3) is 0.308. The summed E-state index contributed by atoms with van der Waals surface area (Å²) in [6.07, 6.45) is 5.16. The summed E-state index contributed by atoms with van der Waals surface area (Å²) >= 11 is 0.861. The van der Waals surface area contributed by atoms with Gasteiger partial charge in [0.15, 0.2) is 0 Å². The molecule has 5 rings (SSSR count). The second-order valence-electron chi connectivity index (χ2n) is 9.22. The van der Waals surface area contributed by atoms with Crippen LogP contribution in [0, 0.1) is 24.7 Å². The van der Waals surface area contributed by atoms with Crippen LogP contribution in [-0.4, -0.2) is 50.7 Å². The topological polar surface area (TPSA) is 113 Å². The molecule has 3 aromatic rings. The molecule has 2 aliphatic rings. The molecule has 0 atom stereocenters. The largest absolute Gasteiger partial charge is 0.341 e. The van der Waals surface area contributed by atoms with Gasteiger partial charge in [0.2, 0.25) is 17.8 Å². The van der Waals surface area contributed by atoms with E-state index in [1.807, 2.05) is 13.0 Å². The highest BCUT2D eigenvalue weighted by Crippen LogP contribution is 2.26. The SMILES string of the molecule is Cc1cc(CNCC2CCN(c3nccc(C=C4SC(=O)NC4=O)n3)CC2)nc(-c2cc(F)nc(F)c2)c1. The smallest absolute Gasteiger partial charge is 0.290 e.